The molecule has 0 aliphatic heterocycles. The fourth-order valence-electron chi connectivity index (χ4n) is 2.35. The lowest BCUT2D eigenvalue weighted by Crippen LogP contribution is -2.11. The molecule has 22 heavy (non-hydrogen) atoms. The van der Waals surface area contributed by atoms with Gasteiger partial charge in [-0.1, -0.05) is 30.3 Å². The van der Waals surface area contributed by atoms with Crippen LogP contribution in [0.25, 0.3) is 0 Å². The van der Waals surface area contributed by atoms with Crippen molar-refractivity contribution < 1.29 is 19.1 Å². The van der Waals surface area contributed by atoms with E-state index in [1.165, 1.54) is 0 Å². The minimum Gasteiger partial charge on any atom is -0.344 e. The molecule has 0 radical (unpaired) electrons. The average molecular weight is 319 g/mol. The largest absolute Gasteiger partial charge is 0.344 e. The molecule has 0 heterocycles. The minimum atomic E-state index is -4.52. The smallest absolute Gasteiger partial charge is 0.340 e. The number of benzene rings is 2. The van der Waals surface area contributed by atoms with Crippen molar-refractivity contribution in [1.29, 1.82) is 0 Å². The Morgan fingerprint density at radius 3 is 2.41 bits per heavy atom. The van der Waals surface area contributed by atoms with Crippen LogP contribution >= 0.6 is 7.60 Å². The van der Waals surface area contributed by atoms with Crippen LogP contribution in [0.4, 0.5) is 11.4 Å². The lowest BCUT2D eigenvalue weighted by molar-refractivity contribution is -0.107. The van der Waals surface area contributed by atoms with Gasteiger partial charge in [-0.15, -0.1) is 0 Å². The summed E-state index contributed by atoms with van der Waals surface area (Å²) in [5.74, 6) is 0. The molecule has 0 bridgehead atoms. The second-order valence-corrected chi connectivity index (χ2v) is 6.85. The second-order valence-electron chi connectivity index (χ2n) is 5.11. The van der Waals surface area contributed by atoms with Gasteiger partial charge in [-0.25, -0.2) is 0 Å². The van der Waals surface area contributed by atoms with Crippen molar-refractivity contribution >= 4 is 25.3 Å². The number of rotatable bonds is 5. The predicted octanol–water partition coefficient (Wildman–Crippen LogP) is 3.18. The Morgan fingerprint density at radius 2 is 1.82 bits per heavy atom. The molecule has 1 unspecified atom stereocenters. The van der Waals surface area contributed by atoms with Gasteiger partial charge in [0.2, 0.25) is 0 Å². The zero-order valence-corrected chi connectivity index (χ0v) is 13.3. The van der Waals surface area contributed by atoms with E-state index in [2.05, 4.69) is 0 Å². The van der Waals surface area contributed by atoms with Gasteiger partial charge in [-0.3, -0.25) is 4.57 Å². The number of carbonyl (C=O) groups excluding carboxylic acids is 1. The SMILES string of the molecule is Cc1ccccc1N(C)c1cccc(C(C=O)P(=O)(O)O)c1. The topological polar surface area (TPSA) is 77.8 Å². The van der Waals surface area contributed by atoms with Gasteiger partial charge in [0.1, 0.15) is 11.9 Å². The molecule has 2 N–H and O–H groups in total. The third-order valence-corrected chi connectivity index (χ3v) is 4.71. The highest BCUT2D eigenvalue weighted by atomic mass is 31.2. The molecule has 5 nitrogen and oxygen atoms in total. The number of anilines is 2. The number of carbonyl (C=O) groups is 1. The van der Waals surface area contributed by atoms with E-state index < -0.39 is 13.3 Å². The van der Waals surface area contributed by atoms with Crippen molar-refractivity contribution in [2.45, 2.75) is 12.6 Å². The van der Waals surface area contributed by atoms with E-state index in [4.69, 9.17) is 0 Å². The Hall–Kier alpha value is -1.94. The highest BCUT2D eigenvalue weighted by molar-refractivity contribution is 7.53. The summed E-state index contributed by atoms with van der Waals surface area (Å²) in [6.07, 6.45) is 0.299. The third kappa shape index (κ3) is 3.45. The Morgan fingerprint density at radius 1 is 1.14 bits per heavy atom. The van der Waals surface area contributed by atoms with Crippen LogP contribution < -0.4 is 4.90 Å². The van der Waals surface area contributed by atoms with Crippen LogP contribution in [0, 0.1) is 6.92 Å². The molecule has 6 heteroatoms. The summed E-state index contributed by atoms with van der Waals surface area (Å²) in [7, 11) is -2.65. The molecule has 2 aromatic rings. The van der Waals surface area contributed by atoms with Crippen molar-refractivity contribution in [1.82, 2.24) is 0 Å². The monoisotopic (exact) mass is 319 g/mol. The van der Waals surface area contributed by atoms with E-state index in [0.717, 1.165) is 16.9 Å². The lowest BCUT2D eigenvalue weighted by Gasteiger charge is -2.23. The van der Waals surface area contributed by atoms with Crippen molar-refractivity contribution in [3.8, 4) is 0 Å². The normalized spacial score (nSPS) is 12.7. The molecule has 0 spiro atoms. The van der Waals surface area contributed by atoms with Crippen molar-refractivity contribution in [3.05, 3.63) is 59.7 Å². The first-order chi connectivity index (χ1) is 10.3. The van der Waals surface area contributed by atoms with Gasteiger partial charge in [0, 0.05) is 18.4 Å². The number of para-hydroxylation sites is 1. The van der Waals surface area contributed by atoms with Crippen LogP contribution in [-0.2, 0) is 9.36 Å². The summed E-state index contributed by atoms with van der Waals surface area (Å²) >= 11 is 0. The van der Waals surface area contributed by atoms with Gasteiger partial charge in [-0.05, 0) is 36.2 Å². The van der Waals surface area contributed by atoms with Gasteiger partial charge in [0.25, 0.3) is 0 Å². The summed E-state index contributed by atoms with van der Waals surface area (Å²) in [5.41, 5.74) is 1.70. The van der Waals surface area contributed by atoms with Gasteiger partial charge in [-0.2, -0.15) is 0 Å². The summed E-state index contributed by atoms with van der Waals surface area (Å²) in [6.45, 7) is 1.99. The van der Waals surface area contributed by atoms with Crippen LogP contribution in [0.1, 0.15) is 16.8 Å². The highest BCUT2D eigenvalue weighted by Gasteiger charge is 2.30. The maximum Gasteiger partial charge on any atom is 0.340 e. The van der Waals surface area contributed by atoms with E-state index in [1.807, 2.05) is 49.2 Å². The molecule has 0 saturated carbocycles. The summed E-state index contributed by atoms with van der Waals surface area (Å²) in [6, 6.07) is 14.5. The van der Waals surface area contributed by atoms with Crippen LogP contribution in [-0.4, -0.2) is 23.1 Å². The van der Waals surface area contributed by atoms with Crippen LogP contribution in [0.15, 0.2) is 48.5 Å². The zero-order chi connectivity index (χ0) is 16.3. The van der Waals surface area contributed by atoms with Crippen LogP contribution in [0.5, 0.6) is 0 Å². The van der Waals surface area contributed by atoms with Gasteiger partial charge >= 0.3 is 7.60 Å². The van der Waals surface area contributed by atoms with Crippen molar-refractivity contribution in [2.24, 2.45) is 0 Å². The molecule has 0 saturated heterocycles. The van der Waals surface area contributed by atoms with Crippen LogP contribution in [0.2, 0.25) is 0 Å². The molecule has 0 amide bonds. The van der Waals surface area contributed by atoms with E-state index in [0.29, 0.717) is 11.8 Å². The lowest BCUT2D eigenvalue weighted by atomic mass is 10.1. The van der Waals surface area contributed by atoms with E-state index in [-0.39, 0.29) is 0 Å². The first-order valence-corrected chi connectivity index (χ1v) is 8.42. The van der Waals surface area contributed by atoms with Gasteiger partial charge < -0.3 is 19.5 Å². The van der Waals surface area contributed by atoms with E-state index in [9.17, 15) is 19.1 Å². The Bertz CT molecular complexity index is 726. The number of aldehydes is 1. The van der Waals surface area contributed by atoms with Gasteiger partial charge in [0.15, 0.2) is 0 Å². The predicted molar refractivity (Wildman–Crippen MR) is 86.5 cm³/mol. The minimum absolute atomic E-state index is 0.299. The van der Waals surface area contributed by atoms with Crippen molar-refractivity contribution in [2.75, 3.05) is 11.9 Å². The number of nitrogens with zero attached hydrogens (tertiary/aromatic N) is 1. The zero-order valence-electron chi connectivity index (χ0n) is 12.4. The average Bonchev–Trinajstić information content (AvgIpc) is 2.46. The number of aryl methyl sites for hydroxylation is 1. The van der Waals surface area contributed by atoms with E-state index >= 15 is 0 Å². The molecule has 2 rings (SSSR count). The molecule has 0 aliphatic rings. The molecule has 0 aliphatic carbocycles. The third-order valence-electron chi connectivity index (χ3n) is 3.57. The maximum atomic E-state index is 11.4. The number of hydrogen-bond acceptors (Lipinski definition) is 3. The molecular weight excluding hydrogens is 301 g/mol. The quantitative estimate of drug-likeness (QED) is 0.654. The molecule has 0 fully saturated rings. The van der Waals surface area contributed by atoms with Crippen molar-refractivity contribution in [3.63, 3.8) is 0 Å². The Labute approximate surface area is 129 Å². The molecular formula is C16H18NO4P. The molecule has 0 aromatic heterocycles. The van der Waals surface area contributed by atoms with Crippen LogP contribution in [0.3, 0.4) is 0 Å². The van der Waals surface area contributed by atoms with E-state index in [1.54, 1.807) is 18.2 Å². The summed E-state index contributed by atoms with van der Waals surface area (Å²) in [5, 5.41) is 0. The standard InChI is InChI=1S/C16H18NO4P/c1-12-6-3-4-9-15(12)17(2)14-8-5-7-13(10-14)16(11-18)22(19,20)21/h3-11,16H,1-2H3,(H2,19,20,21). The first kappa shape index (κ1) is 16.4. The Balaban J connectivity index is 2.42. The Kier molecular flexibility index (Phi) is 4.81. The molecule has 2 aromatic carbocycles. The fraction of sp³-hybridized carbons (Fsp3) is 0.188. The molecule has 116 valence electrons. The highest BCUT2D eigenvalue weighted by Crippen LogP contribution is 2.50. The summed E-state index contributed by atoms with van der Waals surface area (Å²) in [4.78, 5) is 31.5. The molecule has 1 atom stereocenters. The van der Waals surface area contributed by atoms with Gasteiger partial charge in [0.05, 0.1) is 0 Å². The number of hydrogen-bond donors (Lipinski definition) is 2. The maximum absolute atomic E-state index is 11.4. The fourth-order valence-corrected chi connectivity index (χ4v) is 3.06. The summed E-state index contributed by atoms with van der Waals surface area (Å²) < 4.78 is 11.4. The first-order valence-electron chi connectivity index (χ1n) is 6.74. The second kappa shape index (κ2) is 6.44.